The van der Waals surface area contributed by atoms with Crippen molar-refractivity contribution in [3.63, 3.8) is 0 Å². The Morgan fingerprint density at radius 1 is 0.906 bits per heavy atom. The monoisotopic (exact) mass is 432 g/mol. The van der Waals surface area contributed by atoms with Gasteiger partial charge >= 0.3 is 5.97 Å². The molecule has 0 radical (unpaired) electrons. The molecule has 2 amide bonds. The standard InChI is InChI=1S/C25H24N2O5/c1-16-9-5-7-11-21(16)27(3)25(30)18-13-14-20(23(15-18)31-4)26-24(29)19-10-6-8-12-22(19)32-17(2)28/h5-15H,1-4H3,(H,26,29). The highest BCUT2D eigenvalue weighted by Gasteiger charge is 2.19. The summed E-state index contributed by atoms with van der Waals surface area (Å²) in [5.74, 6) is -0.731. The van der Waals surface area contributed by atoms with Gasteiger partial charge in [0.25, 0.3) is 11.8 Å². The quantitative estimate of drug-likeness (QED) is 0.459. The number of carbonyl (C=O) groups is 3. The number of methoxy groups -OCH3 is 1. The van der Waals surface area contributed by atoms with E-state index >= 15 is 0 Å². The summed E-state index contributed by atoms with van der Waals surface area (Å²) in [7, 11) is 3.16. The van der Waals surface area contributed by atoms with Crippen molar-refractivity contribution in [3.8, 4) is 11.5 Å². The van der Waals surface area contributed by atoms with Gasteiger partial charge < -0.3 is 19.7 Å². The van der Waals surface area contributed by atoms with Gasteiger partial charge in [-0.15, -0.1) is 0 Å². The Labute approximate surface area is 186 Å². The minimum Gasteiger partial charge on any atom is -0.495 e. The molecule has 0 atom stereocenters. The van der Waals surface area contributed by atoms with E-state index in [1.807, 2.05) is 31.2 Å². The van der Waals surface area contributed by atoms with Crippen molar-refractivity contribution in [3.05, 3.63) is 83.4 Å². The average Bonchev–Trinajstić information content (AvgIpc) is 2.78. The topological polar surface area (TPSA) is 84.9 Å². The van der Waals surface area contributed by atoms with E-state index in [-0.39, 0.29) is 17.2 Å². The minimum atomic E-state index is -0.525. The first-order valence-corrected chi connectivity index (χ1v) is 9.92. The van der Waals surface area contributed by atoms with Crippen molar-refractivity contribution in [2.75, 3.05) is 24.4 Å². The fraction of sp³-hybridized carbons (Fsp3) is 0.160. The van der Waals surface area contributed by atoms with Crippen LogP contribution in [0.15, 0.2) is 66.7 Å². The summed E-state index contributed by atoms with van der Waals surface area (Å²) in [6.45, 7) is 3.20. The van der Waals surface area contributed by atoms with Crippen LogP contribution in [-0.4, -0.2) is 31.9 Å². The van der Waals surface area contributed by atoms with Crippen LogP contribution in [0.5, 0.6) is 11.5 Å². The van der Waals surface area contributed by atoms with Crippen LogP contribution in [0.2, 0.25) is 0 Å². The largest absolute Gasteiger partial charge is 0.495 e. The van der Waals surface area contributed by atoms with E-state index in [0.717, 1.165) is 11.3 Å². The first-order chi connectivity index (χ1) is 15.3. The zero-order valence-electron chi connectivity index (χ0n) is 18.3. The number of nitrogens with one attached hydrogen (secondary N) is 1. The predicted molar refractivity (Wildman–Crippen MR) is 123 cm³/mol. The van der Waals surface area contributed by atoms with Crippen molar-refractivity contribution in [2.24, 2.45) is 0 Å². The molecule has 3 aromatic carbocycles. The molecule has 0 spiro atoms. The van der Waals surface area contributed by atoms with Gasteiger partial charge in [-0.1, -0.05) is 30.3 Å². The van der Waals surface area contributed by atoms with Crippen molar-refractivity contribution >= 4 is 29.2 Å². The smallest absolute Gasteiger partial charge is 0.308 e. The zero-order chi connectivity index (χ0) is 23.3. The number of rotatable bonds is 6. The van der Waals surface area contributed by atoms with Gasteiger partial charge in [-0.25, -0.2) is 0 Å². The van der Waals surface area contributed by atoms with Gasteiger partial charge in [-0.2, -0.15) is 0 Å². The molecule has 7 heteroatoms. The van der Waals surface area contributed by atoms with E-state index in [1.165, 1.54) is 20.1 Å². The summed E-state index contributed by atoms with van der Waals surface area (Å²) >= 11 is 0. The molecule has 0 aliphatic carbocycles. The molecule has 3 aromatic rings. The number of hydrogen-bond donors (Lipinski definition) is 1. The van der Waals surface area contributed by atoms with Crippen LogP contribution in [0.3, 0.4) is 0 Å². The van der Waals surface area contributed by atoms with Crippen molar-refractivity contribution in [2.45, 2.75) is 13.8 Å². The third-order valence-electron chi connectivity index (χ3n) is 4.86. The molecule has 0 saturated heterocycles. The molecule has 1 N–H and O–H groups in total. The van der Waals surface area contributed by atoms with Crippen molar-refractivity contribution in [1.82, 2.24) is 0 Å². The first-order valence-electron chi connectivity index (χ1n) is 9.92. The number of aryl methyl sites for hydroxylation is 1. The maximum absolute atomic E-state index is 13.0. The average molecular weight is 432 g/mol. The second-order valence-corrected chi connectivity index (χ2v) is 7.11. The SMILES string of the molecule is COc1cc(C(=O)N(C)c2ccccc2C)ccc1NC(=O)c1ccccc1OC(C)=O. The first kappa shape index (κ1) is 22.6. The van der Waals surface area contributed by atoms with Gasteiger partial charge in [-0.3, -0.25) is 14.4 Å². The number of ether oxygens (including phenoxy) is 2. The zero-order valence-corrected chi connectivity index (χ0v) is 18.3. The van der Waals surface area contributed by atoms with Crippen LogP contribution in [0.1, 0.15) is 33.2 Å². The lowest BCUT2D eigenvalue weighted by molar-refractivity contribution is -0.131. The van der Waals surface area contributed by atoms with Crippen LogP contribution >= 0.6 is 0 Å². The molecular weight excluding hydrogens is 408 g/mol. The molecule has 0 heterocycles. The van der Waals surface area contributed by atoms with Crippen LogP contribution < -0.4 is 19.7 Å². The summed E-state index contributed by atoms with van der Waals surface area (Å²) in [4.78, 5) is 38.7. The number of benzene rings is 3. The number of esters is 1. The van der Waals surface area contributed by atoms with E-state index in [2.05, 4.69) is 5.32 Å². The van der Waals surface area contributed by atoms with E-state index < -0.39 is 11.9 Å². The van der Waals surface area contributed by atoms with Crippen molar-refractivity contribution in [1.29, 1.82) is 0 Å². The third kappa shape index (κ3) is 4.95. The Balaban J connectivity index is 1.85. The fourth-order valence-electron chi connectivity index (χ4n) is 3.26. The lowest BCUT2D eigenvalue weighted by Gasteiger charge is -2.20. The lowest BCUT2D eigenvalue weighted by atomic mass is 10.1. The number of para-hydroxylation sites is 2. The van der Waals surface area contributed by atoms with Gasteiger partial charge in [-0.05, 0) is 48.9 Å². The summed E-state index contributed by atoms with van der Waals surface area (Å²) in [5.41, 5.74) is 2.77. The highest BCUT2D eigenvalue weighted by Crippen LogP contribution is 2.29. The Bertz CT molecular complexity index is 1170. The number of hydrogen-bond acceptors (Lipinski definition) is 5. The normalized spacial score (nSPS) is 10.2. The molecule has 0 aliphatic heterocycles. The Kier molecular flexibility index (Phi) is 6.90. The van der Waals surface area contributed by atoms with Gasteiger partial charge in [0.2, 0.25) is 0 Å². The molecule has 0 fully saturated rings. The summed E-state index contributed by atoms with van der Waals surface area (Å²) in [6, 6.07) is 18.8. The van der Waals surface area contributed by atoms with Crippen LogP contribution in [0.4, 0.5) is 11.4 Å². The number of carbonyl (C=O) groups excluding carboxylic acids is 3. The van der Waals surface area contributed by atoms with E-state index in [0.29, 0.717) is 17.0 Å². The minimum absolute atomic E-state index is 0.156. The van der Waals surface area contributed by atoms with Crippen LogP contribution in [-0.2, 0) is 4.79 Å². The summed E-state index contributed by atoms with van der Waals surface area (Å²) < 4.78 is 10.5. The summed E-state index contributed by atoms with van der Waals surface area (Å²) in [6.07, 6.45) is 0. The highest BCUT2D eigenvalue weighted by molar-refractivity contribution is 6.09. The number of anilines is 2. The van der Waals surface area contributed by atoms with Crippen LogP contribution in [0.25, 0.3) is 0 Å². The molecule has 32 heavy (non-hydrogen) atoms. The molecule has 7 nitrogen and oxygen atoms in total. The molecule has 3 rings (SSSR count). The predicted octanol–water partition coefficient (Wildman–Crippen LogP) is 4.46. The molecular formula is C25H24N2O5. The lowest BCUT2D eigenvalue weighted by Crippen LogP contribution is -2.27. The number of amides is 2. The maximum atomic E-state index is 13.0. The molecule has 0 unspecified atom stereocenters. The number of nitrogens with zero attached hydrogens (tertiary/aromatic N) is 1. The second kappa shape index (κ2) is 9.78. The van der Waals surface area contributed by atoms with Crippen LogP contribution in [0, 0.1) is 6.92 Å². The molecule has 0 bridgehead atoms. The third-order valence-corrected chi connectivity index (χ3v) is 4.86. The summed E-state index contributed by atoms with van der Waals surface area (Å²) in [5, 5.41) is 2.75. The Morgan fingerprint density at radius 2 is 1.59 bits per heavy atom. The van der Waals surface area contributed by atoms with Gasteiger partial charge in [0, 0.05) is 25.2 Å². The highest BCUT2D eigenvalue weighted by atomic mass is 16.5. The Hall–Kier alpha value is -4.13. The van der Waals surface area contributed by atoms with Gasteiger partial charge in [0.05, 0.1) is 18.4 Å². The fourth-order valence-corrected chi connectivity index (χ4v) is 3.26. The van der Waals surface area contributed by atoms with E-state index in [1.54, 1.807) is 48.3 Å². The van der Waals surface area contributed by atoms with Gasteiger partial charge in [0.1, 0.15) is 11.5 Å². The molecule has 0 aliphatic rings. The van der Waals surface area contributed by atoms with Gasteiger partial charge in [0.15, 0.2) is 0 Å². The molecule has 0 aromatic heterocycles. The Morgan fingerprint density at radius 3 is 2.28 bits per heavy atom. The van der Waals surface area contributed by atoms with E-state index in [4.69, 9.17) is 9.47 Å². The van der Waals surface area contributed by atoms with Crippen molar-refractivity contribution < 1.29 is 23.9 Å². The van der Waals surface area contributed by atoms with E-state index in [9.17, 15) is 14.4 Å². The second-order valence-electron chi connectivity index (χ2n) is 7.11. The molecule has 164 valence electrons. The maximum Gasteiger partial charge on any atom is 0.308 e. The molecule has 0 saturated carbocycles.